The van der Waals surface area contributed by atoms with E-state index >= 15 is 0 Å². The SMILES string of the molecule is CCOC(=O)c1ccccc1NC(=O)CN(C)Cc1ccc2c(c1)OCO2. The normalized spacial score (nSPS) is 12.1. The van der Waals surface area contributed by atoms with Crippen molar-refractivity contribution in [2.24, 2.45) is 0 Å². The topological polar surface area (TPSA) is 77.1 Å². The van der Waals surface area contributed by atoms with Crippen LogP contribution in [-0.2, 0) is 16.1 Å². The van der Waals surface area contributed by atoms with Crippen LogP contribution in [-0.4, -0.2) is 43.8 Å². The number of ether oxygens (including phenoxy) is 3. The lowest BCUT2D eigenvalue weighted by Gasteiger charge is -2.17. The molecular formula is C20H22N2O5. The number of benzene rings is 2. The monoisotopic (exact) mass is 370 g/mol. The van der Waals surface area contributed by atoms with Crippen LogP contribution in [0.3, 0.4) is 0 Å². The molecule has 1 aliphatic heterocycles. The Hall–Kier alpha value is -3.06. The number of anilines is 1. The van der Waals surface area contributed by atoms with E-state index in [-0.39, 0.29) is 25.9 Å². The maximum Gasteiger partial charge on any atom is 0.340 e. The zero-order chi connectivity index (χ0) is 19.2. The van der Waals surface area contributed by atoms with Crippen LogP contribution in [0.2, 0.25) is 0 Å². The van der Waals surface area contributed by atoms with Gasteiger partial charge in [-0.25, -0.2) is 4.79 Å². The summed E-state index contributed by atoms with van der Waals surface area (Å²) in [7, 11) is 1.85. The Morgan fingerprint density at radius 2 is 1.93 bits per heavy atom. The van der Waals surface area contributed by atoms with Crippen molar-refractivity contribution in [1.82, 2.24) is 4.90 Å². The number of likely N-dealkylation sites (N-methyl/N-ethyl adjacent to an activating group) is 1. The average Bonchev–Trinajstić information content (AvgIpc) is 3.10. The molecule has 2 aromatic carbocycles. The van der Waals surface area contributed by atoms with Gasteiger partial charge in [-0.15, -0.1) is 0 Å². The van der Waals surface area contributed by atoms with Crippen LogP contribution >= 0.6 is 0 Å². The Morgan fingerprint density at radius 1 is 1.15 bits per heavy atom. The van der Waals surface area contributed by atoms with Crippen molar-refractivity contribution in [1.29, 1.82) is 0 Å². The number of carbonyl (C=O) groups excluding carboxylic acids is 2. The molecule has 1 heterocycles. The first-order chi connectivity index (χ1) is 13.1. The number of esters is 1. The highest BCUT2D eigenvalue weighted by Crippen LogP contribution is 2.32. The fourth-order valence-electron chi connectivity index (χ4n) is 2.82. The third kappa shape index (κ3) is 4.77. The Balaban J connectivity index is 1.58. The first-order valence-corrected chi connectivity index (χ1v) is 8.70. The second-order valence-electron chi connectivity index (χ2n) is 6.17. The zero-order valence-corrected chi connectivity index (χ0v) is 15.4. The Morgan fingerprint density at radius 3 is 2.74 bits per heavy atom. The van der Waals surface area contributed by atoms with Gasteiger partial charge in [-0.2, -0.15) is 0 Å². The van der Waals surface area contributed by atoms with Gasteiger partial charge < -0.3 is 19.5 Å². The van der Waals surface area contributed by atoms with E-state index in [1.807, 2.05) is 30.1 Å². The molecule has 7 nitrogen and oxygen atoms in total. The summed E-state index contributed by atoms with van der Waals surface area (Å²) < 4.78 is 15.7. The first kappa shape index (κ1) is 18.7. The quantitative estimate of drug-likeness (QED) is 0.755. The lowest BCUT2D eigenvalue weighted by molar-refractivity contribution is -0.117. The summed E-state index contributed by atoms with van der Waals surface area (Å²) in [6, 6.07) is 12.5. The molecule has 0 saturated carbocycles. The third-order valence-electron chi connectivity index (χ3n) is 4.00. The molecular weight excluding hydrogens is 348 g/mol. The minimum absolute atomic E-state index is 0.172. The van der Waals surface area contributed by atoms with E-state index < -0.39 is 5.97 Å². The fraction of sp³-hybridized carbons (Fsp3) is 0.300. The van der Waals surface area contributed by atoms with Gasteiger partial charge in [0.25, 0.3) is 0 Å². The Labute approximate surface area is 157 Å². The second kappa shape index (κ2) is 8.55. The predicted molar refractivity (Wildman–Crippen MR) is 99.9 cm³/mol. The summed E-state index contributed by atoms with van der Waals surface area (Å²) in [6.45, 7) is 3.00. The van der Waals surface area contributed by atoms with E-state index in [1.165, 1.54) is 0 Å². The van der Waals surface area contributed by atoms with Gasteiger partial charge in [-0.05, 0) is 43.8 Å². The van der Waals surface area contributed by atoms with Gasteiger partial charge in [0.15, 0.2) is 11.5 Å². The van der Waals surface area contributed by atoms with Gasteiger partial charge >= 0.3 is 5.97 Å². The van der Waals surface area contributed by atoms with E-state index in [0.717, 1.165) is 11.3 Å². The zero-order valence-electron chi connectivity index (χ0n) is 15.4. The molecule has 0 aromatic heterocycles. The lowest BCUT2D eigenvalue weighted by Crippen LogP contribution is -2.30. The molecule has 1 aliphatic rings. The smallest absolute Gasteiger partial charge is 0.340 e. The molecule has 0 aliphatic carbocycles. The van der Waals surface area contributed by atoms with Crippen molar-refractivity contribution in [3.05, 3.63) is 53.6 Å². The first-order valence-electron chi connectivity index (χ1n) is 8.70. The number of rotatable bonds is 7. The number of amides is 1. The molecule has 27 heavy (non-hydrogen) atoms. The number of nitrogens with one attached hydrogen (secondary N) is 1. The van der Waals surface area contributed by atoms with E-state index in [1.54, 1.807) is 31.2 Å². The third-order valence-corrected chi connectivity index (χ3v) is 4.00. The predicted octanol–water partition coefficient (Wildman–Crippen LogP) is 2.66. The van der Waals surface area contributed by atoms with Gasteiger partial charge in [0, 0.05) is 6.54 Å². The van der Waals surface area contributed by atoms with Gasteiger partial charge in [0.1, 0.15) is 0 Å². The minimum atomic E-state index is -0.456. The van der Waals surface area contributed by atoms with Crippen LogP contribution in [0.1, 0.15) is 22.8 Å². The van der Waals surface area contributed by atoms with E-state index in [0.29, 0.717) is 23.5 Å². The summed E-state index contributed by atoms with van der Waals surface area (Å²) in [6.07, 6.45) is 0. The number of nitrogens with zero attached hydrogens (tertiary/aromatic N) is 1. The molecule has 0 bridgehead atoms. The van der Waals surface area contributed by atoms with Crippen molar-refractivity contribution in [2.75, 3.05) is 32.3 Å². The molecule has 0 spiro atoms. The highest BCUT2D eigenvalue weighted by Gasteiger charge is 2.16. The Kier molecular flexibility index (Phi) is 5.93. The standard InChI is InChI=1S/C20H22N2O5/c1-3-25-20(24)15-6-4-5-7-16(15)21-19(23)12-22(2)11-14-8-9-17-18(10-14)27-13-26-17/h4-10H,3,11-13H2,1-2H3,(H,21,23). The molecule has 0 unspecified atom stereocenters. The van der Waals surface area contributed by atoms with E-state index in [2.05, 4.69) is 5.32 Å². The van der Waals surface area contributed by atoms with Crippen LogP contribution in [0.15, 0.2) is 42.5 Å². The number of hydrogen-bond donors (Lipinski definition) is 1. The van der Waals surface area contributed by atoms with Crippen LogP contribution in [0.4, 0.5) is 5.69 Å². The van der Waals surface area contributed by atoms with Gasteiger partial charge in [0.05, 0.1) is 24.4 Å². The molecule has 0 radical (unpaired) electrons. The fourth-order valence-corrected chi connectivity index (χ4v) is 2.82. The summed E-state index contributed by atoms with van der Waals surface area (Å²) in [5, 5.41) is 2.78. The highest BCUT2D eigenvalue weighted by molar-refractivity contribution is 6.01. The van der Waals surface area contributed by atoms with Gasteiger partial charge in [0.2, 0.25) is 12.7 Å². The average molecular weight is 370 g/mol. The van der Waals surface area contributed by atoms with Crippen molar-refractivity contribution in [3.8, 4) is 11.5 Å². The summed E-state index contributed by atoms with van der Waals surface area (Å²) in [5.74, 6) is 0.778. The summed E-state index contributed by atoms with van der Waals surface area (Å²) in [5.41, 5.74) is 1.80. The van der Waals surface area contributed by atoms with E-state index in [9.17, 15) is 9.59 Å². The minimum Gasteiger partial charge on any atom is -0.462 e. The van der Waals surface area contributed by atoms with Crippen LogP contribution in [0.25, 0.3) is 0 Å². The van der Waals surface area contributed by atoms with Crippen molar-refractivity contribution < 1.29 is 23.8 Å². The Bertz CT molecular complexity index is 837. The summed E-state index contributed by atoms with van der Waals surface area (Å²) in [4.78, 5) is 26.3. The van der Waals surface area contributed by atoms with Crippen molar-refractivity contribution in [3.63, 3.8) is 0 Å². The number of para-hydroxylation sites is 1. The largest absolute Gasteiger partial charge is 0.462 e. The van der Waals surface area contributed by atoms with Gasteiger partial charge in [-0.3, -0.25) is 9.69 Å². The van der Waals surface area contributed by atoms with Gasteiger partial charge in [-0.1, -0.05) is 18.2 Å². The van der Waals surface area contributed by atoms with Crippen molar-refractivity contribution >= 4 is 17.6 Å². The molecule has 2 aromatic rings. The molecule has 3 rings (SSSR count). The number of hydrogen-bond acceptors (Lipinski definition) is 6. The second-order valence-corrected chi connectivity index (χ2v) is 6.17. The highest BCUT2D eigenvalue weighted by atomic mass is 16.7. The summed E-state index contributed by atoms with van der Waals surface area (Å²) >= 11 is 0. The molecule has 0 saturated heterocycles. The molecule has 1 amide bonds. The molecule has 7 heteroatoms. The van der Waals surface area contributed by atoms with Crippen molar-refractivity contribution in [2.45, 2.75) is 13.5 Å². The lowest BCUT2D eigenvalue weighted by atomic mass is 10.1. The number of fused-ring (bicyclic) bond motifs is 1. The van der Waals surface area contributed by atoms with Crippen LogP contribution in [0.5, 0.6) is 11.5 Å². The number of carbonyl (C=O) groups is 2. The van der Waals surface area contributed by atoms with E-state index in [4.69, 9.17) is 14.2 Å². The van der Waals surface area contributed by atoms with Crippen LogP contribution < -0.4 is 14.8 Å². The maximum atomic E-state index is 12.4. The molecule has 0 atom stereocenters. The van der Waals surface area contributed by atoms with Crippen LogP contribution in [0, 0.1) is 0 Å². The molecule has 1 N–H and O–H groups in total. The molecule has 142 valence electrons. The maximum absolute atomic E-state index is 12.4. The molecule has 0 fully saturated rings.